The number of rotatable bonds is 9. The number of hydrogen-bond acceptors (Lipinski definition) is 4. The van der Waals surface area contributed by atoms with Crippen molar-refractivity contribution < 1.29 is 4.74 Å². The lowest BCUT2D eigenvalue weighted by Crippen LogP contribution is -2.53. The molecule has 3 aliphatic rings. The maximum Gasteiger partial charge on any atom is 0.0997 e. The third kappa shape index (κ3) is 8.63. The van der Waals surface area contributed by atoms with Crippen LogP contribution < -0.4 is 5.32 Å². The predicted molar refractivity (Wildman–Crippen MR) is 142 cm³/mol. The van der Waals surface area contributed by atoms with Gasteiger partial charge in [-0.15, -0.1) is 11.6 Å². The minimum Gasteiger partial charge on any atom is -0.360 e. The molecule has 3 rings (SSSR count). The van der Waals surface area contributed by atoms with Gasteiger partial charge < -0.3 is 15.0 Å². The quantitative estimate of drug-likeness (QED) is 0.417. The van der Waals surface area contributed by atoms with Crippen molar-refractivity contribution in [2.24, 2.45) is 29.1 Å². The summed E-state index contributed by atoms with van der Waals surface area (Å²) in [7, 11) is 0. The van der Waals surface area contributed by atoms with Gasteiger partial charge in [-0.05, 0) is 101 Å². The Hall–Kier alpha value is 0.130. The second kappa shape index (κ2) is 11.9. The molecule has 0 radical (unpaired) electrons. The molecule has 194 valence electrons. The number of likely N-dealkylation sites (tertiary alicyclic amines) is 2. The second-order valence-corrected chi connectivity index (χ2v) is 14.1. The predicted octanol–water partition coefficient (Wildman–Crippen LogP) is 5.84. The average molecular weight is 484 g/mol. The van der Waals surface area contributed by atoms with E-state index in [0.717, 1.165) is 37.6 Å². The van der Waals surface area contributed by atoms with Crippen LogP contribution in [-0.2, 0) is 4.74 Å². The first-order valence-corrected chi connectivity index (χ1v) is 14.3. The van der Waals surface area contributed by atoms with Crippen molar-refractivity contribution in [3.8, 4) is 0 Å². The summed E-state index contributed by atoms with van der Waals surface area (Å²) in [5.74, 6) is 3.16. The minimum absolute atomic E-state index is 0.0518. The molecule has 1 N–H and O–H groups in total. The molecule has 0 aromatic heterocycles. The molecule has 0 bridgehead atoms. The van der Waals surface area contributed by atoms with E-state index in [0.29, 0.717) is 22.8 Å². The Morgan fingerprint density at radius 2 is 1.67 bits per heavy atom. The molecule has 2 aliphatic heterocycles. The lowest BCUT2D eigenvalue weighted by Gasteiger charge is -2.49. The first kappa shape index (κ1) is 27.7. The van der Waals surface area contributed by atoms with E-state index in [4.69, 9.17) is 16.3 Å². The van der Waals surface area contributed by atoms with Crippen LogP contribution in [0.4, 0.5) is 0 Å². The first-order chi connectivity index (χ1) is 15.4. The standard InChI is InChI=1S/C28H54ClN3O/c1-21(2)26(30-16-22-12-14-32(17-22)20-33-27(3,4)5)18-31-15-13-25(28(6,7)19-31)23-8-10-24(29)11-9-23/h21-26,30H,8-20H2,1-7H3/t22-,23?,24?,25?,26-/m0/s1. The van der Waals surface area contributed by atoms with Gasteiger partial charge in [-0.3, -0.25) is 4.90 Å². The highest BCUT2D eigenvalue weighted by molar-refractivity contribution is 6.20. The summed E-state index contributed by atoms with van der Waals surface area (Å²) in [6, 6.07) is 0.573. The van der Waals surface area contributed by atoms with E-state index in [1.165, 1.54) is 64.7 Å². The Morgan fingerprint density at radius 1 is 1.00 bits per heavy atom. The number of piperidine rings is 1. The van der Waals surface area contributed by atoms with Crippen LogP contribution >= 0.6 is 11.6 Å². The summed E-state index contributed by atoms with van der Waals surface area (Å²) < 4.78 is 6.00. The summed E-state index contributed by atoms with van der Waals surface area (Å²) in [5, 5.41) is 4.42. The minimum atomic E-state index is -0.0518. The van der Waals surface area contributed by atoms with Crippen LogP contribution in [0.2, 0.25) is 0 Å². The third-order valence-electron chi connectivity index (χ3n) is 8.64. The molecule has 3 atom stereocenters. The maximum atomic E-state index is 6.40. The zero-order valence-corrected chi connectivity index (χ0v) is 23.6. The normalized spacial score (nSPS) is 33.0. The molecule has 3 fully saturated rings. The van der Waals surface area contributed by atoms with Gasteiger partial charge in [-0.1, -0.05) is 27.7 Å². The van der Waals surface area contributed by atoms with Gasteiger partial charge in [0.25, 0.3) is 0 Å². The molecule has 1 aliphatic carbocycles. The maximum absolute atomic E-state index is 6.40. The number of nitrogens with zero attached hydrogens (tertiary/aromatic N) is 2. The summed E-state index contributed by atoms with van der Waals surface area (Å²) >= 11 is 6.40. The van der Waals surface area contributed by atoms with Crippen molar-refractivity contribution in [3.05, 3.63) is 0 Å². The van der Waals surface area contributed by atoms with Gasteiger partial charge in [-0.2, -0.15) is 0 Å². The van der Waals surface area contributed by atoms with Crippen LogP contribution in [-0.4, -0.2) is 72.8 Å². The fraction of sp³-hybridized carbons (Fsp3) is 1.00. The molecular weight excluding hydrogens is 430 g/mol. The number of hydrogen-bond donors (Lipinski definition) is 1. The Balaban J connectivity index is 1.44. The monoisotopic (exact) mass is 483 g/mol. The van der Waals surface area contributed by atoms with Crippen LogP contribution in [0.1, 0.15) is 87.0 Å². The zero-order chi connectivity index (χ0) is 24.2. The smallest absolute Gasteiger partial charge is 0.0997 e. The molecule has 1 unspecified atom stereocenters. The van der Waals surface area contributed by atoms with Crippen LogP contribution in [0.5, 0.6) is 0 Å². The van der Waals surface area contributed by atoms with E-state index in [1.807, 2.05) is 0 Å². The van der Waals surface area contributed by atoms with Gasteiger partial charge in [0.15, 0.2) is 0 Å². The van der Waals surface area contributed by atoms with Gasteiger partial charge in [-0.25, -0.2) is 0 Å². The Labute approximate surface area is 210 Å². The topological polar surface area (TPSA) is 27.7 Å². The fourth-order valence-corrected chi connectivity index (χ4v) is 6.84. The van der Waals surface area contributed by atoms with E-state index in [2.05, 4.69) is 63.6 Å². The van der Waals surface area contributed by atoms with Crippen molar-refractivity contribution >= 4 is 11.6 Å². The van der Waals surface area contributed by atoms with Crippen molar-refractivity contribution in [2.75, 3.05) is 46.0 Å². The Bertz CT molecular complexity index is 582. The first-order valence-electron chi connectivity index (χ1n) is 13.9. The highest BCUT2D eigenvalue weighted by Gasteiger charge is 2.41. The van der Waals surface area contributed by atoms with Crippen molar-refractivity contribution in [1.82, 2.24) is 15.1 Å². The molecular formula is C28H54ClN3O. The zero-order valence-electron chi connectivity index (χ0n) is 22.8. The fourth-order valence-electron chi connectivity index (χ4n) is 6.58. The molecule has 0 amide bonds. The Morgan fingerprint density at radius 3 is 2.27 bits per heavy atom. The van der Waals surface area contributed by atoms with Gasteiger partial charge in [0.05, 0.1) is 12.3 Å². The average Bonchev–Trinajstić information content (AvgIpc) is 3.17. The van der Waals surface area contributed by atoms with Crippen LogP contribution in [0.3, 0.4) is 0 Å². The largest absolute Gasteiger partial charge is 0.360 e. The summed E-state index contributed by atoms with van der Waals surface area (Å²) in [5.41, 5.74) is 0.354. The van der Waals surface area contributed by atoms with Crippen molar-refractivity contribution in [3.63, 3.8) is 0 Å². The van der Waals surface area contributed by atoms with Crippen LogP contribution in [0, 0.1) is 29.1 Å². The van der Waals surface area contributed by atoms with E-state index < -0.39 is 0 Å². The lowest BCUT2D eigenvalue weighted by molar-refractivity contribution is -0.0576. The number of ether oxygens (including phenoxy) is 1. The van der Waals surface area contributed by atoms with Gasteiger partial charge in [0.2, 0.25) is 0 Å². The molecule has 33 heavy (non-hydrogen) atoms. The van der Waals surface area contributed by atoms with Crippen molar-refractivity contribution in [1.29, 1.82) is 0 Å². The Kier molecular flexibility index (Phi) is 10.0. The summed E-state index contributed by atoms with van der Waals surface area (Å²) in [4.78, 5) is 5.24. The molecule has 0 spiro atoms. The van der Waals surface area contributed by atoms with E-state index in [1.54, 1.807) is 0 Å². The van der Waals surface area contributed by atoms with E-state index >= 15 is 0 Å². The summed E-state index contributed by atoms with van der Waals surface area (Å²) in [6.07, 6.45) is 7.79. The number of alkyl halides is 1. The van der Waals surface area contributed by atoms with Crippen LogP contribution in [0.25, 0.3) is 0 Å². The van der Waals surface area contributed by atoms with E-state index in [9.17, 15) is 0 Å². The van der Waals surface area contributed by atoms with Gasteiger partial charge >= 0.3 is 0 Å². The SMILES string of the molecule is CC(C)[C@H](CN1CCC(C2CCC(Cl)CC2)C(C)(C)C1)NC[C@@H]1CCN(COC(C)(C)C)C1. The number of halogens is 1. The number of nitrogens with one attached hydrogen (secondary N) is 1. The van der Waals surface area contributed by atoms with Gasteiger partial charge in [0, 0.05) is 37.6 Å². The van der Waals surface area contributed by atoms with Crippen molar-refractivity contribution in [2.45, 2.75) is 104 Å². The third-order valence-corrected chi connectivity index (χ3v) is 9.08. The lowest BCUT2D eigenvalue weighted by atomic mass is 9.64. The highest BCUT2D eigenvalue weighted by Crippen LogP contribution is 2.45. The molecule has 1 saturated carbocycles. The molecule has 2 heterocycles. The molecule has 0 aromatic rings. The molecule has 2 saturated heterocycles. The van der Waals surface area contributed by atoms with Crippen LogP contribution in [0.15, 0.2) is 0 Å². The summed E-state index contributed by atoms with van der Waals surface area (Å²) in [6.45, 7) is 24.2. The van der Waals surface area contributed by atoms with E-state index in [-0.39, 0.29) is 5.60 Å². The van der Waals surface area contributed by atoms with Gasteiger partial charge in [0.1, 0.15) is 0 Å². The highest BCUT2D eigenvalue weighted by atomic mass is 35.5. The molecule has 0 aromatic carbocycles. The molecule has 4 nitrogen and oxygen atoms in total. The second-order valence-electron chi connectivity index (χ2n) is 13.5. The molecule has 5 heteroatoms.